The van der Waals surface area contributed by atoms with Gasteiger partial charge in [0.1, 0.15) is 0 Å². The van der Waals surface area contributed by atoms with Gasteiger partial charge in [-0.1, -0.05) is 291 Å². The predicted octanol–water partition coefficient (Wildman–Crippen LogP) is 29.2. The molecule has 0 saturated carbocycles. The number of benzene rings is 24. The number of aromatic nitrogens is 8. The van der Waals surface area contributed by atoms with Crippen molar-refractivity contribution in [1.29, 1.82) is 0 Å². The van der Waals surface area contributed by atoms with Gasteiger partial charge in [-0.25, -0.2) is 9.97 Å². The van der Waals surface area contributed by atoms with Crippen molar-refractivity contribution in [3.63, 3.8) is 0 Å². The fourth-order valence-electron chi connectivity index (χ4n) is 21.8. The Kier molecular flexibility index (Phi) is 12.9. The molecule has 8 nitrogen and oxygen atoms in total. The Bertz CT molecular complexity index is 8740. The summed E-state index contributed by atoms with van der Waals surface area (Å²) in [7, 11) is 0. The van der Waals surface area contributed by atoms with E-state index in [0.717, 1.165) is 130 Å². The molecule has 2 aliphatic rings. The van der Waals surface area contributed by atoms with E-state index in [1.165, 1.54) is 129 Å². The maximum atomic E-state index is 5.93. The second kappa shape index (κ2) is 23.9. The van der Waals surface area contributed by atoms with Crippen molar-refractivity contribution in [2.24, 2.45) is 0 Å². The molecule has 0 atom stereocenters. The molecule has 0 fully saturated rings. The normalized spacial score (nSPS) is 12.6. The van der Waals surface area contributed by atoms with Gasteiger partial charge >= 0.3 is 19.5 Å². The van der Waals surface area contributed by atoms with E-state index in [1.807, 2.05) is 0 Å². The van der Waals surface area contributed by atoms with E-state index < -0.39 is 0 Å². The first kappa shape index (κ1) is 65.6. The molecule has 27 aromatic rings. The van der Waals surface area contributed by atoms with Gasteiger partial charge in [0.15, 0.2) is 0 Å². The third-order valence-corrected chi connectivity index (χ3v) is 27.0. The quantitative estimate of drug-likeness (QED) is 0.109. The van der Waals surface area contributed by atoms with Crippen LogP contribution in [0.3, 0.4) is 0 Å². The van der Waals surface area contributed by atoms with E-state index in [-0.39, 0.29) is 19.5 Å². The molecule has 9 heteroatoms. The minimum absolute atomic E-state index is 0. The van der Waals surface area contributed by atoms with E-state index in [4.69, 9.17) is 39.9 Å². The molecule has 29 rings (SSSR count). The van der Waals surface area contributed by atoms with E-state index >= 15 is 0 Å². The molecule has 8 bridgehead atoms. The minimum Gasteiger partial charge on any atom is -0.357 e. The minimum atomic E-state index is 0. The van der Waals surface area contributed by atoms with Gasteiger partial charge in [0.05, 0.1) is 23.3 Å². The third kappa shape index (κ3) is 8.83. The van der Waals surface area contributed by atoms with Crippen LogP contribution in [0.5, 0.6) is 0 Å². The molecular formula is C112H56N8Zn. The van der Waals surface area contributed by atoms with E-state index in [0.29, 0.717) is 45.9 Å². The van der Waals surface area contributed by atoms with Crippen molar-refractivity contribution >= 4 is 260 Å². The monoisotopic (exact) mass is 1580 g/mol. The molecule has 24 aromatic carbocycles. The van der Waals surface area contributed by atoms with Crippen LogP contribution in [0.4, 0.5) is 0 Å². The topological polar surface area (TPSA) is 106 Å². The van der Waals surface area contributed by atoms with Crippen LogP contribution in [0.15, 0.2) is 340 Å². The summed E-state index contributed by atoms with van der Waals surface area (Å²) in [4.78, 5) is 46.9. The van der Waals surface area contributed by atoms with Crippen molar-refractivity contribution < 1.29 is 19.5 Å². The predicted molar refractivity (Wildman–Crippen MR) is 504 cm³/mol. The molecule has 0 aliphatic carbocycles. The molecule has 3 aromatic heterocycles. The van der Waals surface area contributed by atoms with Crippen LogP contribution in [0.2, 0.25) is 0 Å². The van der Waals surface area contributed by atoms with Gasteiger partial charge in [0.25, 0.3) is 0 Å². The first-order chi connectivity index (χ1) is 59.5. The maximum Gasteiger partial charge on any atom is 2.00 e. The zero-order valence-electron chi connectivity index (χ0n) is 64.6. The second-order valence-corrected chi connectivity index (χ2v) is 32.9. The summed E-state index contributed by atoms with van der Waals surface area (Å²) in [6, 6.07) is 126. The van der Waals surface area contributed by atoms with Crippen molar-refractivity contribution in [2.75, 3.05) is 0 Å². The number of nitrogens with zero attached hydrogens (tertiary/aromatic N) is 8. The van der Waals surface area contributed by atoms with Crippen LogP contribution in [0.1, 0.15) is 0 Å². The zero-order valence-corrected chi connectivity index (χ0v) is 67.6. The molecule has 0 spiro atoms. The Morgan fingerprint density at radius 2 is 0.289 bits per heavy atom. The summed E-state index contributed by atoms with van der Waals surface area (Å²) < 4.78 is 0. The number of hydrogen-bond donors (Lipinski definition) is 0. The first-order valence-corrected chi connectivity index (χ1v) is 41.1. The molecule has 2 aliphatic heterocycles. The van der Waals surface area contributed by atoms with Crippen LogP contribution in [-0.2, 0) is 19.5 Å². The van der Waals surface area contributed by atoms with Crippen molar-refractivity contribution in [3.05, 3.63) is 340 Å². The van der Waals surface area contributed by atoms with Crippen LogP contribution in [0.25, 0.3) is 305 Å². The third-order valence-electron chi connectivity index (χ3n) is 27.0. The standard InChI is InChI=1S/C112H56N8.Zn/c1-9-25-65-57(17-1)33-41-73-81-49-89-90(50-82(81)74-42-34-58-18-2-10-26-66(58)98(74)97(65)73)106-113-105(89)117-107-91-51-83-75-43-35-59-19-3-11-27-67(59)99(75)100-68-28-12-4-20-60(68)36-44-76(100)84(83)52-92(91)109(114-107)119-111-95-55-87-79-47-39-63-23-7-15-31-71(63)103(79)104-72-32-16-8-24-64(72)40-48-80(104)88(87)56-96(95)112(116-111)120-110-94-54-86-78-46-38-62-22-6-14-30-70(62)102(78)101-69-29-13-5-21-61(69)37-45-77(101)85(86)53-93(94)108(115-110)118-106;/h1-56H;/q-2;+2. The van der Waals surface area contributed by atoms with E-state index in [1.54, 1.807) is 0 Å². The zero-order chi connectivity index (χ0) is 77.6. The average molecular weight is 1580 g/mol. The molecule has 0 radical (unpaired) electrons. The second-order valence-electron chi connectivity index (χ2n) is 32.9. The van der Waals surface area contributed by atoms with Crippen molar-refractivity contribution in [1.82, 2.24) is 39.9 Å². The summed E-state index contributed by atoms with van der Waals surface area (Å²) in [6.45, 7) is 0. The van der Waals surface area contributed by atoms with Crippen molar-refractivity contribution in [2.45, 2.75) is 0 Å². The number of rotatable bonds is 0. The summed E-state index contributed by atoms with van der Waals surface area (Å²) in [5, 5.41) is 49.6. The van der Waals surface area contributed by atoms with Gasteiger partial charge in [-0.2, -0.15) is 0 Å². The Labute approximate surface area is 699 Å². The molecule has 5 heterocycles. The first-order valence-electron chi connectivity index (χ1n) is 41.1. The Morgan fingerprint density at radius 1 is 0.132 bits per heavy atom. The average Bonchev–Trinajstić information content (AvgIpc) is 1.71. The van der Waals surface area contributed by atoms with E-state index in [9.17, 15) is 0 Å². The summed E-state index contributed by atoms with van der Waals surface area (Å²) in [5.41, 5.74) is 5.22. The van der Waals surface area contributed by atoms with Gasteiger partial charge < -0.3 is 29.9 Å². The fraction of sp³-hybridized carbons (Fsp3) is 0. The molecule has 0 N–H and O–H groups in total. The van der Waals surface area contributed by atoms with Gasteiger partial charge in [0, 0.05) is 44.8 Å². The van der Waals surface area contributed by atoms with Crippen LogP contribution >= 0.6 is 0 Å². The molecular weight excluding hydrogens is 1520 g/mol. The van der Waals surface area contributed by atoms with Gasteiger partial charge in [-0.15, -0.1) is 0 Å². The number of hydrogen-bond acceptors (Lipinski definition) is 6. The smallest absolute Gasteiger partial charge is 0.357 e. The molecule has 121 heavy (non-hydrogen) atoms. The van der Waals surface area contributed by atoms with Crippen LogP contribution in [0, 0.1) is 0 Å². The van der Waals surface area contributed by atoms with Gasteiger partial charge in [-0.05, 0) is 286 Å². The van der Waals surface area contributed by atoms with Crippen molar-refractivity contribution in [3.8, 4) is 45.6 Å². The fourth-order valence-corrected chi connectivity index (χ4v) is 21.8. The molecule has 0 unspecified atom stereocenters. The van der Waals surface area contributed by atoms with Gasteiger partial charge in [-0.3, -0.25) is 0 Å². The van der Waals surface area contributed by atoms with E-state index in [2.05, 4.69) is 340 Å². The summed E-state index contributed by atoms with van der Waals surface area (Å²) in [6.07, 6.45) is 0. The van der Waals surface area contributed by atoms with Gasteiger partial charge in [0.2, 0.25) is 0 Å². The maximum absolute atomic E-state index is 5.93. The Morgan fingerprint density at radius 3 is 0.463 bits per heavy atom. The molecule has 0 saturated heterocycles. The summed E-state index contributed by atoms with van der Waals surface area (Å²) >= 11 is 0. The molecule has 0 amide bonds. The Balaban J connectivity index is 0.00000755. The number of fused-ring (bicyclic) bond motifs is 60. The van der Waals surface area contributed by atoms with Crippen LogP contribution in [-0.4, -0.2) is 29.9 Å². The summed E-state index contributed by atoms with van der Waals surface area (Å²) in [5.74, 6) is 1.91. The largest absolute Gasteiger partial charge is 2.00 e. The van der Waals surface area contributed by atoms with Crippen LogP contribution < -0.4 is 9.97 Å². The Hall–Kier alpha value is -15.5. The SMILES string of the molecule is [Zn+2].c1ccc2c(c1)ccc1c3cc4c(cc3c3ccc5ccccc5c3c21)-c1nc-4nc2[n-]c(nc3nc(nc4[n-]c(n1)c1cc5c(cc41)c1ccc4ccccc4c1c1c4ccccc4ccc51)-c1cc4c(cc1-3)c1ccc3ccccc3c1c1c3ccccc3ccc41)c1cc3c(cc21)c1ccc2ccccc2c1c1c2ccccc2ccc31. The molecule has 546 valence electrons.